The molecule has 2 aliphatic carbocycles. The van der Waals surface area contributed by atoms with E-state index in [4.69, 9.17) is 0 Å². The summed E-state index contributed by atoms with van der Waals surface area (Å²) in [7, 11) is 0. The molecule has 1 heterocycles. The molecule has 4 unspecified atom stereocenters. The first-order valence-corrected chi connectivity index (χ1v) is 7.58. The summed E-state index contributed by atoms with van der Waals surface area (Å²) in [5.74, 6) is 1.60. The van der Waals surface area contributed by atoms with Crippen molar-refractivity contribution in [3.8, 4) is 0 Å². The van der Waals surface area contributed by atoms with E-state index in [0.29, 0.717) is 17.8 Å². The number of aromatic nitrogens is 2. The molecule has 2 aromatic rings. The minimum absolute atomic E-state index is 0.364. The second-order valence-corrected chi connectivity index (χ2v) is 6.08. The topological polar surface area (TPSA) is 38.0 Å². The first-order chi connectivity index (χ1) is 9.79. The molecular formula is C17H20N2O. The number of nitrogens with zero attached hydrogens (tertiary/aromatic N) is 2. The fraction of sp³-hybridized carbons (Fsp3) is 0.471. The fourth-order valence-electron chi connectivity index (χ4n) is 3.98. The van der Waals surface area contributed by atoms with Gasteiger partial charge in [0.05, 0.1) is 12.3 Å². The Kier molecular flexibility index (Phi) is 2.71. The molecule has 0 spiro atoms. The average molecular weight is 268 g/mol. The number of fused-ring (bicyclic) bond motifs is 3. The van der Waals surface area contributed by atoms with Crippen LogP contribution in [0.1, 0.15) is 42.1 Å². The van der Waals surface area contributed by atoms with E-state index in [-0.39, 0.29) is 6.10 Å². The van der Waals surface area contributed by atoms with Crippen LogP contribution in [0.4, 0.5) is 0 Å². The Morgan fingerprint density at radius 3 is 3.05 bits per heavy atom. The Hall–Kier alpha value is -1.61. The summed E-state index contributed by atoms with van der Waals surface area (Å²) in [6.07, 6.45) is 5.82. The second-order valence-electron chi connectivity index (χ2n) is 6.08. The molecule has 0 radical (unpaired) electrons. The maximum Gasteiger partial charge on any atom is 0.0857 e. The zero-order valence-electron chi connectivity index (χ0n) is 11.7. The average Bonchev–Trinajstić information content (AvgIpc) is 3.04. The van der Waals surface area contributed by atoms with E-state index < -0.39 is 0 Å². The van der Waals surface area contributed by atoms with Crippen molar-refractivity contribution in [1.82, 2.24) is 9.78 Å². The Morgan fingerprint density at radius 1 is 1.40 bits per heavy atom. The quantitative estimate of drug-likeness (QED) is 0.929. The van der Waals surface area contributed by atoms with Gasteiger partial charge in [0.15, 0.2) is 0 Å². The molecule has 1 aromatic heterocycles. The van der Waals surface area contributed by atoms with Crippen LogP contribution in [0, 0.1) is 11.8 Å². The number of aliphatic hydroxyl groups is 1. The van der Waals surface area contributed by atoms with Crippen molar-refractivity contribution in [2.45, 2.75) is 38.3 Å². The number of hydrogen-bond acceptors (Lipinski definition) is 2. The van der Waals surface area contributed by atoms with Crippen LogP contribution in [0.5, 0.6) is 0 Å². The summed E-state index contributed by atoms with van der Waals surface area (Å²) in [5.41, 5.74) is 3.92. The summed E-state index contributed by atoms with van der Waals surface area (Å²) in [5, 5.41) is 15.0. The standard InChI is InChI=1S/C17H20N2O/c1-2-19-10-12(9-18-19)17(20)16-14-8-7-11-5-3-4-6-13(11)15(14)16/h3-6,9-10,14-17,20H,2,7-8H2,1H3. The van der Waals surface area contributed by atoms with E-state index in [1.807, 2.05) is 17.1 Å². The molecule has 0 bridgehead atoms. The summed E-state index contributed by atoms with van der Waals surface area (Å²) >= 11 is 0. The van der Waals surface area contributed by atoms with Crippen molar-refractivity contribution >= 4 is 0 Å². The van der Waals surface area contributed by atoms with E-state index in [2.05, 4.69) is 36.3 Å². The molecular weight excluding hydrogens is 248 g/mol. The Bertz CT molecular complexity index is 633. The van der Waals surface area contributed by atoms with Gasteiger partial charge in [0.1, 0.15) is 0 Å². The highest BCUT2D eigenvalue weighted by Crippen LogP contribution is 2.64. The predicted octanol–water partition coefficient (Wildman–Crippen LogP) is 2.91. The highest BCUT2D eigenvalue weighted by molar-refractivity contribution is 5.40. The molecule has 104 valence electrons. The first kappa shape index (κ1) is 12.2. The molecule has 3 heteroatoms. The number of aliphatic hydroxyl groups excluding tert-OH is 1. The van der Waals surface area contributed by atoms with Gasteiger partial charge in [0.2, 0.25) is 0 Å². The monoisotopic (exact) mass is 268 g/mol. The van der Waals surface area contributed by atoms with Crippen molar-refractivity contribution < 1.29 is 5.11 Å². The third-order valence-corrected chi connectivity index (χ3v) is 5.07. The Balaban J connectivity index is 1.60. The lowest BCUT2D eigenvalue weighted by Crippen LogP contribution is -2.01. The van der Waals surface area contributed by atoms with Crippen LogP contribution < -0.4 is 0 Å². The SMILES string of the molecule is CCn1cc(C(O)C2C3CCc4ccccc4C32)cn1. The summed E-state index contributed by atoms with van der Waals surface area (Å²) < 4.78 is 1.89. The second kappa shape index (κ2) is 4.45. The molecule has 1 saturated carbocycles. The van der Waals surface area contributed by atoms with Gasteiger partial charge in [-0.05, 0) is 48.6 Å². The van der Waals surface area contributed by atoms with E-state index in [0.717, 1.165) is 18.5 Å². The lowest BCUT2D eigenvalue weighted by Gasteiger charge is -2.13. The Morgan fingerprint density at radius 2 is 2.25 bits per heavy atom. The van der Waals surface area contributed by atoms with Gasteiger partial charge in [-0.1, -0.05) is 24.3 Å². The van der Waals surface area contributed by atoms with Gasteiger partial charge in [-0.3, -0.25) is 4.68 Å². The highest BCUT2D eigenvalue weighted by atomic mass is 16.3. The molecule has 4 atom stereocenters. The zero-order chi connectivity index (χ0) is 13.7. The molecule has 1 fully saturated rings. The molecule has 3 nitrogen and oxygen atoms in total. The minimum Gasteiger partial charge on any atom is -0.388 e. The van der Waals surface area contributed by atoms with Crippen molar-refractivity contribution in [3.63, 3.8) is 0 Å². The van der Waals surface area contributed by atoms with E-state index in [1.165, 1.54) is 17.5 Å². The third-order valence-electron chi connectivity index (χ3n) is 5.07. The zero-order valence-corrected chi connectivity index (χ0v) is 11.7. The number of benzene rings is 1. The summed E-state index contributed by atoms with van der Waals surface area (Å²) in [4.78, 5) is 0. The smallest absolute Gasteiger partial charge is 0.0857 e. The summed E-state index contributed by atoms with van der Waals surface area (Å²) in [6.45, 7) is 2.92. The summed E-state index contributed by atoms with van der Waals surface area (Å²) in [6, 6.07) is 8.73. The van der Waals surface area contributed by atoms with Crippen molar-refractivity contribution in [2.75, 3.05) is 0 Å². The largest absolute Gasteiger partial charge is 0.388 e. The molecule has 1 N–H and O–H groups in total. The maximum absolute atomic E-state index is 10.7. The maximum atomic E-state index is 10.7. The van der Waals surface area contributed by atoms with Crippen LogP contribution in [0.2, 0.25) is 0 Å². The van der Waals surface area contributed by atoms with Gasteiger partial charge in [0, 0.05) is 18.3 Å². The van der Waals surface area contributed by atoms with Crippen LogP contribution >= 0.6 is 0 Å². The van der Waals surface area contributed by atoms with Gasteiger partial charge in [0.25, 0.3) is 0 Å². The normalized spacial score (nSPS) is 28.6. The van der Waals surface area contributed by atoms with Crippen molar-refractivity contribution in [1.29, 1.82) is 0 Å². The molecule has 4 rings (SSSR count). The van der Waals surface area contributed by atoms with E-state index in [9.17, 15) is 5.11 Å². The molecule has 0 amide bonds. The molecule has 0 saturated heterocycles. The molecule has 1 aromatic carbocycles. The van der Waals surface area contributed by atoms with Crippen LogP contribution in [0.15, 0.2) is 36.7 Å². The number of hydrogen-bond donors (Lipinski definition) is 1. The predicted molar refractivity (Wildman–Crippen MR) is 77.3 cm³/mol. The highest BCUT2D eigenvalue weighted by Gasteiger charge is 2.56. The lowest BCUT2D eigenvalue weighted by molar-refractivity contribution is 0.145. The van der Waals surface area contributed by atoms with Crippen LogP contribution in [0.3, 0.4) is 0 Å². The van der Waals surface area contributed by atoms with Gasteiger partial charge in [-0.2, -0.15) is 5.10 Å². The molecule has 0 aliphatic heterocycles. The first-order valence-electron chi connectivity index (χ1n) is 7.58. The number of rotatable bonds is 3. The molecule has 2 aliphatic rings. The third kappa shape index (κ3) is 1.73. The lowest BCUT2D eigenvalue weighted by atomic mass is 9.92. The van der Waals surface area contributed by atoms with Gasteiger partial charge < -0.3 is 5.11 Å². The van der Waals surface area contributed by atoms with Crippen LogP contribution in [0.25, 0.3) is 0 Å². The van der Waals surface area contributed by atoms with E-state index in [1.54, 1.807) is 0 Å². The number of aryl methyl sites for hydroxylation is 2. The van der Waals surface area contributed by atoms with Crippen LogP contribution in [-0.4, -0.2) is 14.9 Å². The van der Waals surface area contributed by atoms with Gasteiger partial charge >= 0.3 is 0 Å². The Labute approximate surface area is 119 Å². The van der Waals surface area contributed by atoms with Crippen molar-refractivity contribution in [2.24, 2.45) is 11.8 Å². The van der Waals surface area contributed by atoms with Crippen molar-refractivity contribution in [3.05, 3.63) is 53.3 Å². The van der Waals surface area contributed by atoms with E-state index >= 15 is 0 Å². The van der Waals surface area contributed by atoms with Gasteiger partial charge in [-0.25, -0.2) is 0 Å². The fourth-order valence-corrected chi connectivity index (χ4v) is 3.98. The molecule has 20 heavy (non-hydrogen) atoms. The minimum atomic E-state index is -0.364. The van der Waals surface area contributed by atoms with Gasteiger partial charge in [-0.15, -0.1) is 0 Å². The van der Waals surface area contributed by atoms with Crippen LogP contribution in [-0.2, 0) is 13.0 Å².